The zero-order valence-corrected chi connectivity index (χ0v) is 18.8. The first-order valence-corrected chi connectivity index (χ1v) is 10.5. The lowest BCUT2D eigenvalue weighted by Gasteiger charge is -2.23. The maximum absolute atomic E-state index is 12.9. The van der Waals surface area contributed by atoms with Gasteiger partial charge in [0.1, 0.15) is 0 Å². The summed E-state index contributed by atoms with van der Waals surface area (Å²) >= 11 is 5.94. The molecular weight excluding hydrogens is 441 g/mol. The highest BCUT2D eigenvalue weighted by molar-refractivity contribution is 6.43. The van der Waals surface area contributed by atoms with Gasteiger partial charge in [-0.1, -0.05) is 43.0 Å². The molecule has 6 N–H and O–H groups in total. The molecule has 0 unspecified atom stereocenters. The van der Waals surface area contributed by atoms with E-state index in [1.165, 1.54) is 6.07 Å². The zero-order chi connectivity index (χ0) is 24.3. The summed E-state index contributed by atoms with van der Waals surface area (Å²) in [6.45, 7) is 3.85. The average molecular weight is 470 g/mol. The minimum atomic E-state index is -1.75. The molecule has 0 aromatic heterocycles. The van der Waals surface area contributed by atoms with E-state index >= 15 is 0 Å². The molecule has 0 aliphatic carbocycles. The van der Waals surface area contributed by atoms with Crippen molar-refractivity contribution in [3.8, 4) is 0 Å². The molecule has 0 aliphatic heterocycles. The minimum Gasteiger partial charge on any atom is -0.426 e. The first kappa shape index (κ1) is 27.3. The van der Waals surface area contributed by atoms with Gasteiger partial charge in [-0.05, 0) is 37.3 Å². The van der Waals surface area contributed by atoms with Gasteiger partial charge < -0.3 is 21.1 Å². The van der Waals surface area contributed by atoms with Crippen LogP contribution in [-0.4, -0.2) is 52.3 Å². The lowest BCUT2D eigenvalue weighted by molar-refractivity contribution is -0.525. The van der Waals surface area contributed by atoms with Crippen molar-refractivity contribution in [2.45, 2.75) is 45.5 Å². The number of hydrazine groups is 1. The number of aliphatic imine (C=N–C) groups is 1. The second kappa shape index (κ2) is 13.7. The number of carbonyl (C=O) groups is 2. The van der Waals surface area contributed by atoms with E-state index in [9.17, 15) is 29.8 Å². The molecule has 0 heterocycles. The molecule has 1 aromatic carbocycles. The summed E-state index contributed by atoms with van der Waals surface area (Å²) in [7, 11) is -1.75. The second-order valence-corrected chi connectivity index (χ2v) is 8.21. The van der Waals surface area contributed by atoms with Crippen LogP contribution in [0, 0.1) is 22.0 Å². The third-order valence-electron chi connectivity index (χ3n) is 4.56. The first-order valence-electron chi connectivity index (χ1n) is 10.2. The number of halogens is 1. The molecule has 0 saturated heterocycles. The molecule has 1 amide bonds. The van der Waals surface area contributed by atoms with E-state index in [-0.39, 0.29) is 37.0 Å². The predicted octanol–water partition coefficient (Wildman–Crippen LogP) is 0.948. The quantitative estimate of drug-likeness (QED) is 0.0538. The zero-order valence-electron chi connectivity index (χ0n) is 18.0. The Morgan fingerprint density at radius 3 is 2.59 bits per heavy atom. The van der Waals surface area contributed by atoms with Crippen LogP contribution in [0.3, 0.4) is 0 Å². The molecule has 13 heteroatoms. The lowest BCUT2D eigenvalue weighted by atomic mass is 9.74. The number of benzene rings is 1. The van der Waals surface area contributed by atoms with Crippen LogP contribution >= 0.6 is 11.6 Å². The Kier molecular flexibility index (Phi) is 11.7. The number of hydrogen-bond acceptors (Lipinski definition) is 7. The summed E-state index contributed by atoms with van der Waals surface area (Å²) in [5, 5.41) is 31.7. The third-order valence-corrected chi connectivity index (χ3v) is 4.80. The number of nitrogens with two attached hydrogens (primary N) is 1. The summed E-state index contributed by atoms with van der Waals surface area (Å²) in [6, 6.07) is 6.36. The van der Waals surface area contributed by atoms with Gasteiger partial charge in [0.25, 0.3) is 5.96 Å². The fourth-order valence-electron chi connectivity index (χ4n) is 3.06. The van der Waals surface area contributed by atoms with Gasteiger partial charge in [0.15, 0.2) is 10.8 Å². The number of nitro groups is 1. The number of carbonyl (C=O) groups excluding carboxylic acids is 2. The molecule has 1 rings (SSSR count). The van der Waals surface area contributed by atoms with Crippen LogP contribution in [0.2, 0.25) is 5.02 Å². The molecule has 176 valence electrons. The monoisotopic (exact) mass is 469 g/mol. The molecule has 0 aliphatic rings. The van der Waals surface area contributed by atoms with Crippen LogP contribution in [0.25, 0.3) is 0 Å². The van der Waals surface area contributed by atoms with Crippen molar-refractivity contribution < 1.29 is 24.7 Å². The number of Topliss-reactive ketones (excluding diaryl/α,β-unsaturated/α-hetero) is 1. The SMILES string of the molecule is CC(C)C[C@H](NC(=O)[C@H](CCCN=C(N)N[N+](=O)[O-])CC(=O)c1cccc(Cl)c1)B(O)O. The van der Waals surface area contributed by atoms with Crippen molar-refractivity contribution in [2.24, 2.45) is 22.6 Å². The number of nitrogens with one attached hydrogen (secondary N) is 2. The smallest absolute Gasteiger partial charge is 0.426 e. The fraction of sp³-hybridized carbons (Fsp3) is 0.526. The van der Waals surface area contributed by atoms with Crippen LogP contribution in [-0.2, 0) is 4.79 Å². The van der Waals surface area contributed by atoms with Gasteiger partial charge in [-0.2, -0.15) is 0 Å². The third kappa shape index (κ3) is 10.6. The molecule has 0 bridgehead atoms. The molecule has 11 nitrogen and oxygen atoms in total. The molecule has 32 heavy (non-hydrogen) atoms. The van der Waals surface area contributed by atoms with Crippen molar-refractivity contribution in [2.75, 3.05) is 6.54 Å². The van der Waals surface area contributed by atoms with Crippen LogP contribution in [0.4, 0.5) is 0 Å². The van der Waals surface area contributed by atoms with E-state index in [1.54, 1.807) is 23.6 Å². The predicted molar refractivity (Wildman–Crippen MR) is 121 cm³/mol. The molecule has 1 aromatic rings. The van der Waals surface area contributed by atoms with Crippen molar-refractivity contribution in [1.29, 1.82) is 0 Å². The van der Waals surface area contributed by atoms with Crippen LogP contribution < -0.4 is 16.5 Å². The normalized spacial score (nSPS) is 13.4. The molecule has 0 fully saturated rings. The Morgan fingerprint density at radius 1 is 1.34 bits per heavy atom. The van der Waals surface area contributed by atoms with Gasteiger partial charge in [-0.25, -0.2) is 15.1 Å². The van der Waals surface area contributed by atoms with E-state index < -0.39 is 29.9 Å². The van der Waals surface area contributed by atoms with E-state index in [0.29, 0.717) is 23.4 Å². The number of nitrogens with zero attached hydrogens (tertiary/aromatic N) is 2. The molecule has 0 radical (unpaired) electrons. The Morgan fingerprint density at radius 2 is 2.03 bits per heavy atom. The number of ketones is 1. The van der Waals surface area contributed by atoms with E-state index in [2.05, 4.69) is 10.3 Å². The highest BCUT2D eigenvalue weighted by Crippen LogP contribution is 2.19. The Labute approximate surface area is 191 Å². The summed E-state index contributed by atoms with van der Waals surface area (Å²) in [5.74, 6) is -2.74. The van der Waals surface area contributed by atoms with Gasteiger partial charge >= 0.3 is 7.12 Å². The molecular formula is C19H29BClN5O6. The summed E-state index contributed by atoms with van der Waals surface area (Å²) in [6.07, 6.45) is 0.751. The van der Waals surface area contributed by atoms with Crippen LogP contribution in [0.15, 0.2) is 29.3 Å². The fourth-order valence-corrected chi connectivity index (χ4v) is 3.25. The summed E-state index contributed by atoms with van der Waals surface area (Å²) in [5.41, 5.74) is 7.44. The Hall–Kier alpha value is -2.70. The first-order chi connectivity index (χ1) is 15.0. The van der Waals surface area contributed by atoms with Crippen LogP contribution in [0.1, 0.15) is 49.9 Å². The highest BCUT2D eigenvalue weighted by atomic mass is 35.5. The van der Waals surface area contributed by atoms with Gasteiger partial charge in [-0.15, -0.1) is 0 Å². The van der Waals surface area contributed by atoms with E-state index in [0.717, 1.165) is 0 Å². The van der Waals surface area contributed by atoms with Crippen molar-refractivity contribution >= 4 is 36.4 Å². The number of guanidine groups is 1. The average Bonchev–Trinajstić information content (AvgIpc) is 2.68. The second-order valence-electron chi connectivity index (χ2n) is 7.77. The summed E-state index contributed by atoms with van der Waals surface area (Å²) < 4.78 is 0. The maximum atomic E-state index is 12.9. The topological polar surface area (TPSA) is 180 Å². The highest BCUT2D eigenvalue weighted by Gasteiger charge is 2.30. The molecule has 0 spiro atoms. The Balaban J connectivity index is 2.89. The number of amides is 1. The minimum absolute atomic E-state index is 0.0971. The Bertz CT molecular complexity index is 823. The largest absolute Gasteiger partial charge is 0.475 e. The summed E-state index contributed by atoms with van der Waals surface area (Å²) in [4.78, 5) is 39.7. The van der Waals surface area contributed by atoms with Crippen LogP contribution in [0.5, 0.6) is 0 Å². The lowest BCUT2D eigenvalue weighted by Crippen LogP contribution is -2.49. The standard InChI is InChI=1S/C19H29BClN5O6/c1-12(2)9-17(20(29)30)24-18(28)14(6-4-8-23-19(22)25-26(31)32)11-16(27)13-5-3-7-15(21)10-13/h3,5,7,10,12,14,17,29-30H,4,6,8-9,11H2,1-2H3,(H,24,28)(H3,22,23,25)/t14-,17+/m1/s1. The van der Waals surface area contributed by atoms with Gasteiger partial charge in [0.05, 0.1) is 5.94 Å². The van der Waals surface area contributed by atoms with Crippen molar-refractivity contribution in [1.82, 2.24) is 10.7 Å². The van der Waals surface area contributed by atoms with E-state index in [1.807, 2.05) is 13.8 Å². The van der Waals surface area contributed by atoms with E-state index in [4.69, 9.17) is 17.3 Å². The molecule has 0 saturated carbocycles. The van der Waals surface area contributed by atoms with Crippen molar-refractivity contribution in [3.63, 3.8) is 0 Å². The van der Waals surface area contributed by atoms with Crippen molar-refractivity contribution in [3.05, 3.63) is 45.0 Å². The molecule has 2 atom stereocenters. The number of hydrogen-bond donors (Lipinski definition) is 5. The van der Waals surface area contributed by atoms with Gasteiger partial charge in [0, 0.05) is 29.5 Å². The van der Waals surface area contributed by atoms with Gasteiger partial charge in [0.2, 0.25) is 5.91 Å². The van der Waals surface area contributed by atoms with Gasteiger partial charge in [-0.3, -0.25) is 9.59 Å². The number of rotatable bonds is 13. The maximum Gasteiger partial charge on any atom is 0.475 e.